The van der Waals surface area contributed by atoms with E-state index in [2.05, 4.69) is 15.6 Å². The van der Waals surface area contributed by atoms with Gasteiger partial charge < -0.3 is 5.32 Å². The number of hydrogen-bond acceptors (Lipinski definition) is 5. The first-order chi connectivity index (χ1) is 16.3. The standard InChI is InChI=1S/C25H33FN4O4/c1-4-5-11-20(15-30(17-31)34-16-19-9-7-6-8-10-19)24(32)23(18(2)3)29-25(33)28-22-13-12-21(26)14-27-22/h6-10,12-14,17-18,20,23H,4-5,11,15-16H2,1-3H3,(H2,27,28,29,33). The molecule has 2 aromatic rings. The van der Waals surface area contributed by atoms with Crippen molar-refractivity contribution in [1.29, 1.82) is 0 Å². The molecule has 1 heterocycles. The van der Waals surface area contributed by atoms with Gasteiger partial charge in [-0.2, -0.15) is 0 Å². The summed E-state index contributed by atoms with van der Waals surface area (Å²) >= 11 is 0. The maximum Gasteiger partial charge on any atom is 0.320 e. The molecule has 0 radical (unpaired) electrons. The normalized spacial score (nSPS) is 12.6. The Balaban J connectivity index is 2.06. The van der Waals surface area contributed by atoms with Crippen LogP contribution in [-0.4, -0.2) is 40.9 Å². The molecule has 0 aliphatic heterocycles. The van der Waals surface area contributed by atoms with Crippen molar-refractivity contribution < 1.29 is 23.6 Å². The lowest BCUT2D eigenvalue weighted by Crippen LogP contribution is -2.50. The summed E-state index contributed by atoms with van der Waals surface area (Å²) in [5.41, 5.74) is 0.901. The van der Waals surface area contributed by atoms with Crippen molar-refractivity contribution in [1.82, 2.24) is 15.4 Å². The van der Waals surface area contributed by atoms with Gasteiger partial charge in [-0.3, -0.25) is 19.7 Å². The lowest BCUT2D eigenvalue weighted by molar-refractivity contribution is -0.182. The lowest BCUT2D eigenvalue weighted by Gasteiger charge is -2.28. The van der Waals surface area contributed by atoms with Crippen LogP contribution in [0.5, 0.6) is 0 Å². The monoisotopic (exact) mass is 472 g/mol. The molecule has 1 aromatic heterocycles. The second kappa shape index (κ2) is 14.0. The van der Waals surface area contributed by atoms with Crippen molar-refractivity contribution in [2.24, 2.45) is 11.8 Å². The molecule has 0 fully saturated rings. The fraction of sp³-hybridized carbons (Fsp3) is 0.440. The number of hydroxylamine groups is 2. The summed E-state index contributed by atoms with van der Waals surface area (Å²) in [5.74, 6) is -1.25. The van der Waals surface area contributed by atoms with Crippen molar-refractivity contribution in [2.45, 2.75) is 52.7 Å². The Morgan fingerprint density at radius 3 is 2.50 bits per heavy atom. The van der Waals surface area contributed by atoms with Gasteiger partial charge in [-0.25, -0.2) is 19.2 Å². The maximum atomic E-state index is 13.4. The minimum absolute atomic E-state index is 0.0845. The number of anilines is 1. The molecule has 0 saturated carbocycles. The molecule has 0 aliphatic carbocycles. The minimum Gasteiger partial charge on any atom is -0.328 e. The quantitative estimate of drug-likeness (QED) is 0.315. The third kappa shape index (κ3) is 8.90. The molecule has 2 unspecified atom stereocenters. The molecule has 0 aliphatic rings. The Bertz CT molecular complexity index is 909. The van der Waals surface area contributed by atoms with E-state index >= 15 is 0 Å². The van der Waals surface area contributed by atoms with Crippen LogP contribution in [-0.2, 0) is 21.0 Å². The van der Waals surface area contributed by atoms with E-state index < -0.39 is 23.8 Å². The van der Waals surface area contributed by atoms with Crippen molar-refractivity contribution >= 4 is 24.0 Å². The summed E-state index contributed by atoms with van der Waals surface area (Å²) in [6, 6.07) is 10.5. The molecular weight excluding hydrogens is 439 g/mol. The number of aromatic nitrogens is 1. The molecule has 3 amide bonds. The van der Waals surface area contributed by atoms with Crippen LogP contribution in [0.15, 0.2) is 48.7 Å². The number of benzene rings is 1. The summed E-state index contributed by atoms with van der Waals surface area (Å²) in [4.78, 5) is 47.0. The number of rotatable bonds is 14. The molecule has 34 heavy (non-hydrogen) atoms. The highest BCUT2D eigenvalue weighted by atomic mass is 19.1. The topological polar surface area (TPSA) is 101 Å². The maximum absolute atomic E-state index is 13.4. The van der Waals surface area contributed by atoms with Gasteiger partial charge in [0.05, 0.1) is 18.8 Å². The van der Waals surface area contributed by atoms with Crippen LogP contribution in [0, 0.1) is 17.7 Å². The molecular formula is C25H33FN4O4. The first-order valence-electron chi connectivity index (χ1n) is 11.5. The summed E-state index contributed by atoms with van der Waals surface area (Å²) in [7, 11) is 0. The molecule has 184 valence electrons. The predicted octanol–water partition coefficient (Wildman–Crippen LogP) is 4.33. The summed E-state index contributed by atoms with van der Waals surface area (Å²) in [5, 5.41) is 6.36. The predicted molar refractivity (Wildman–Crippen MR) is 127 cm³/mol. The first-order valence-corrected chi connectivity index (χ1v) is 11.5. The van der Waals surface area contributed by atoms with Gasteiger partial charge in [-0.05, 0) is 30.0 Å². The van der Waals surface area contributed by atoms with E-state index in [0.717, 1.165) is 29.7 Å². The van der Waals surface area contributed by atoms with E-state index in [0.29, 0.717) is 12.8 Å². The molecule has 0 bridgehead atoms. The Hall–Kier alpha value is -3.33. The molecule has 2 rings (SSSR count). The van der Waals surface area contributed by atoms with Crippen LogP contribution in [0.3, 0.4) is 0 Å². The molecule has 1 aromatic carbocycles. The number of halogens is 1. The Kier molecular flexibility index (Phi) is 11.1. The third-order valence-corrected chi connectivity index (χ3v) is 5.30. The van der Waals surface area contributed by atoms with Crippen LogP contribution in [0.4, 0.5) is 15.0 Å². The van der Waals surface area contributed by atoms with E-state index in [1.54, 1.807) is 0 Å². The highest BCUT2D eigenvalue weighted by Gasteiger charge is 2.31. The lowest BCUT2D eigenvalue weighted by atomic mass is 9.87. The summed E-state index contributed by atoms with van der Waals surface area (Å²) in [6.45, 7) is 5.97. The van der Waals surface area contributed by atoms with Crippen molar-refractivity contribution in [3.63, 3.8) is 0 Å². The first kappa shape index (κ1) is 26.9. The number of nitrogens with one attached hydrogen (secondary N) is 2. The van der Waals surface area contributed by atoms with Crippen molar-refractivity contribution in [3.05, 3.63) is 60.0 Å². The van der Waals surface area contributed by atoms with Crippen molar-refractivity contribution in [3.8, 4) is 0 Å². The molecule has 0 spiro atoms. The van der Waals surface area contributed by atoms with Gasteiger partial charge in [0.15, 0.2) is 5.78 Å². The number of carbonyl (C=O) groups excluding carboxylic acids is 3. The number of nitrogens with zero attached hydrogens (tertiary/aromatic N) is 2. The molecule has 9 heteroatoms. The van der Waals surface area contributed by atoms with Crippen LogP contribution < -0.4 is 10.6 Å². The van der Waals surface area contributed by atoms with Crippen LogP contribution >= 0.6 is 0 Å². The van der Waals surface area contributed by atoms with Gasteiger partial charge in [0.1, 0.15) is 18.2 Å². The van der Waals surface area contributed by atoms with E-state index in [1.165, 1.54) is 12.1 Å². The molecule has 2 atom stereocenters. The van der Waals surface area contributed by atoms with E-state index in [1.807, 2.05) is 51.1 Å². The smallest absolute Gasteiger partial charge is 0.320 e. The van der Waals surface area contributed by atoms with Crippen LogP contribution in [0.2, 0.25) is 0 Å². The average molecular weight is 473 g/mol. The van der Waals surface area contributed by atoms with Gasteiger partial charge in [0.2, 0.25) is 6.41 Å². The van der Waals surface area contributed by atoms with Gasteiger partial charge in [0.25, 0.3) is 0 Å². The third-order valence-electron chi connectivity index (χ3n) is 5.30. The fourth-order valence-electron chi connectivity index (χ4n) is 3.41. The second-order valence-electron chi connectivity index (χ2n) is 8.39. The highest BCUT2D eigenvalue weighted by Crippen LogP contribution is 2.18. The van der Waals surface area contributed by atoms with E-state index in [-0.39, 0.29) is 30.7 Å². The SMILES string of the molecule is CCCCC(CN(C=O)OCc1ccccc1)C(=O)C(NC(=O)Nc1ccc(F)cn1)C(C)C. The zero-order chi connectivity index (χ0) is 24.9. The molecule has 2 N–H and O–H groups in total. The molecule has 0 saturated heterocycles. The average Bonchev–Trinajstić information content (AvgIpc) is 2.83. The van der Waals surface area contributed by atoms with Gasteiger partial charge >= 0.3 is 6.03 Å². The number of pyridine rings is 1. The zero-order valence-corrected chi connectivity index (χ0v) is 19.9. The number of ketones is 1. The number of carbonyl (C=O) groups is 3. The summed E-state index contributed by atoms with van der Waals surface area (Å²) < 4.78 is 13.0. The Morgan fingerprint density at radius 2 is 1.91 bits per heavy atom. The number of amides is 3. The van der Waals surface area contributed by atoms with Crippen LogP contribution in [0.1, 0.15) is 45.6 Å². The number of urea groups is 1. The van der Waals surface area contributed by atoms with Crippen LogP contribution in [0.25, 0.3) is 0 Å². The highest BCUT2D eigenvalue weighted by molar-refractivity contribution is 5.94. The minimum atomic E-state index is -0.787. The Morgan fingerprint density at radius 1 is 1.18 bits per heavy atom. The largest absolute Gasteiger partial charge is 0.328 e. The number of hydrogen-bond donors (Lipinski definition) is 2. The van der Waals surface area contributed by atoms with Gasteiger partial charge in [0, 0.05) is 5.92 Å². The Labute approximate surface area is 199 Å². The second-order valence-corrected chi connectivity index (χ2v) is 8.39. The van der Waals surface area contributed by atoms with E-state index in [4.69, 9.17) is 4.84 Å². The number of Topliss-reactive ketones (excluding diaryl/α,β-unsaturated/α-hetero) is 1. The fourth-order valence-corrected chi connectivity index (χ4v) is 3.41. The van der Waals surface area contributed by atoms with Gasteiger partial charge in [-0.1, -0.05) is 63.9 Å². The van der Waals surface area contributed by atoms with E-state index in [9.17, 15) is 18.8 Å². The zero-order valence-electron chi connectivity index (χ0n) is 19.9. The number of unbranched alkanes of at least 4 members (excludes halogenated alkanes) is 1. The molecule has 8 nitrogen and oxygen atoms in total. The van der Waals surface area contributed by atoms with Gasteiger partial charge in [-0.15, -0.1) is 0 Å². The summed E-state index contributed by atoms with van der Waals surface area (Å²) in [6.07, 6.45) is 3.79. The van der Waals surface area contributed by atoms with Crippen molar-refractivity contribution in [2.75, 3.05) is 11.9 Å².